The molecule has 0 aromatic rings. The predicted octanol–water partition coefficient (Wildman–Crippen LogP) is 2.70. The zero-order valence-electron chi connectivity index (χ0n) is 12.8. The van der Waals surface area contributed by atoms with Crippen molar-refractivity contribution in [1.29, 1.82) is 0 Å². The van der Waals surface area contributed by atoms with Gasteiger partial charge >= 0.3 is 5.97 Å². The third-order valence-corrected chi connectivity index (χ3v) is 6.70. The van der Waals surface area contributed by atoms with Crippen LogP contribution in [0.2, 0.25) is 0 Å². The normalized spacial score (nSPS) is 35.2. The monoisotopic (exact) mass is 332 g/mol. The van der Waals surface area contributed by atoms with Crippen LogP contribution in [-0.2, 0) is 9.53 Å². The molecule has 4 unspecified atom stereocenters. The molecule has 0 aliphatic heterocycles. The molecule has 2 aliphatic carbocycles. The van der Waals surface area contributed by atoms with Gasteiger partial charge in [-0.3, -0.25) is 4.79 Å². The summed E-state index contributed by atoms with van der Waals surface area (Å²) in [5.74, 6) is -0.0859. The van der Waals surface area contributed by atoms with Crippen LogP contribution in [0.25, 0.3) is 0 Å². The summed E-state index contributed by atoms with van der Waals surface area (Å²) >= 11 is 0. The maximum Gasteiger partial charge on any atom is 0.309 e. The van der Waals surface area contributed by atoms with Crippen LogP contribution >= 0.6 is 21.6 Å². The van der Waals surface area contributed by atoms with Crippen molar-refractivity contribution in [3.8, 4) is 0 Å². The smallest absolute Gasteiger partial charge is 0.309 e. The quantitative estimate of drug-likeness (QED) is 0.609. The maximum absolute atomic E-state index is 12.5. The minimum Gasteiger partial charge on any atom is -0.462 e. The van der Waals surface area contributed by atoms with Crippen molar-refractivity contribution in [1.82, 2.24) is 0 Å². The summed E-state index contributed by atoms with van der Waals surface area (Å²) in [5.41, 5.74) is 12.3. The third kappa shape index (κ3) is 5.66. The van der Waals surface area contributed by atoms with E-state index in [2.05, 4.69) is 6.26 Å². The second-order valence-electron chi connectivity index (χ2n) is 6.39. The lowest BCUT2D eigenvalue weighted by atomic mass is 9.86. The summed E-state index contributed by atoms with van der Waals surface area (Å²) in [5, 5.41) is 0.420. The predicted molar refractivity (Wildman–Crippen MR) is 91.2 cm³/mol. The third-order valence-electron chi connectivity index (χ3n) is 4.46. The zero-order valence-corrected chi connectivity index (χ0v) is 14.5. The lowest BCUT2D eigenvalue weighted by molar-refractivity contribution is -0.154. The Hall–Kier alpha value is 0.0900. The van der Waals surface area contributed by atoms with Crippen molar-refractivity contribution >= 4 is 27.6 Å². The Morgan fingerprint density at radius 3 is 2.38 bits per heavy atom. The van der Waals surface area contributed by atoms with Crippen LogP contribution in [0, 0.1) is 5.92 Å². The van der Waals surface area contributed by atoms with Gasteiger partial charge in [0.1, 0.15) is 6.10 Å². The van der Waals surface area contributed by atoms with Crippen molar-refractivity contribution in [2.75, 3.05) is 6.26 Å². The molecule has 2 saturated carbocycles. The fourth-order valence-electron chi connectivity index (χ4n) is 3.47. The molecule has 0 radical (unpaired) electrons. The summed E-state index contributed by atoms with van der Waals surface area (Å²) in [4.78, 5) is 12.5. The highest BCUT2D eigenvalue weighted by molar-refractivity contribution is 8.76. The van der Waals surface area contributed by atoms with Gasteiger partial charge in [0.25, 0.3) is 0 Å². The van der Waals surface area contributed by atoms with Crippen LogP contribution in [-0.4, -0.2) is 35.7 Å². The van der Waals surface area contributed by atoms with Gasteiger partial charge < -0.3 is 16.2 Å². The fraction of sp³-hybridized carbons (Fsp3) is 0.933. The van der Waals surface area contributed by atoms with E-state index < -0.39 is 0 Å². The maximum atomic E-state index is 12.5. The molecule has 4 atom stereocenters. The molecule has 0 spiro atoms. The topological polar surface area (TPSA) is 78.3 Å². The summed E-state index contributed by atoms with van der Waals surface area (Å²) in [6, 6.07) is 0.165. The number of nitrogens with two attached hydrogens (primary N) is 2. The Balaban J connectivity index is 1.94. The highest BCUT2D eigenvalue weighted by Crippen LogP contribution is 2.35. The largest absolute Gasteiger partial charge is 0.462 e. The van der Waals surface area contributed by atoms with E-state index in [1.54, 1.807) is 10.8 Å². The Labute approximate surface area is 135 Å². The molecule has 0 saturated heterocycles. The summed E-state index contributed by atoms with van der Waals surface area (Å²) in [7, 11) is 3.58. The Morgan fingerprint density at radius 2 is 1.71 bits per heavy atom. The Kier molecular flexibility index (Phi) is 7.19. The summed E-state index contributed by atoms with van der Waals surface area (Å²) < 4.78 is 5.71. The minimum absolute atomic E-state index is 0.0151. The number of ether oxygens (including phenoxy) is 1. The van der Waals surface area contributed by atoms with E-state index in [1.165, 1.54) is 12.8 Å². The van der Waals surface area contributed by atoms with Crippen LogP contribution in [0.1, 0.15) is 51.4 Å². The summed E-state index contributed by atoms with van der Waals surface area (Å²) in [6.45, 7) is 0. The van der Waals surface area contributed by atoms with Crippen LogP contribution in [0.4, 0.5) is 0 Å². The van der Waals surface area contributed by atoms with Crippen molar-refractivity contribution in [3.05, 3.63) is 0 Å². The first kappa shape index (κ1) is 17.4. The molecule has 2 rings (SSSR count). The van der Waals surface area contributed by atoms with Gasteiger partial charge in [0.2, 0.25) is 0 Å². The van der Waals surface area contributed by atoms with E-state index in [0.717, 1.165) is 32.1 Å². The lowest BCUT2D eigenvalue weighted by Crippen LogP contribution is -2.40. The first-order valence-corrected chi connectivity index (χ1v) is 10.6. The van der Waals surface area contributed by atoms with Crippen molar-refractivity contribution < 1.29 is 9.53 Å². The number of carbonyl (C=O) groups excluding carboxylic acids is 1. The standard InChI is InChI=1S/C15H28N2O2S2/c1-20-21-14-7-10(6-11(16)8-12(17)9-14)15(18)19-13-4-2-3-5-13/h10-14H,2-9,16-17H2,1H3. The highest BCUT2D eigenvalue weighted by atomic mass is 33.1. The van der Waals surface area contributed by atoms with Crippen molar-refractivity contribution in [3.63, 3.8) is 0 Å². The minimum atomic E-state index is -0.0576. The molecule has 4 N–H and O–H groups in total. The summed E-state index contributed by atoms with van der Waals surface area (Å²) in [6.07, 6.45) is 9.94. The van der Waals surface area contributed by atoms with E-state index in [4.69, 9.17) is 16.2 Å². The van der Waals surface area contributed by atoms with Crippen LogP contribution in [0.5, 0.6) is 0 Å². The van der Waals surface area contributed by atoms with Gasteiger partial charge in [0.15, 0.2) is 0 Å². The van der Waals surface area contributed by atoms with Gasteiger partial charge in [-0.1, -0.05) is 21.6 Å². The van der Waals surface area contributed by atoms with Crippen molar-refractivity contribution in [2.24, 2.45) is 17.4 Å². The molecule has 2 aliphatic rings. The van der Waals surface area contributed by atoms with Crippen LogP contribution in [0.15, 0.2) is 0 Å². The number of rotatable bonds is 4. The molecule has 0 aromatic carbocycles. The first-order valence-electron chi connectivity index (χ1n) is 7.99. The molecular weight excluding hydrogens is 304 g/mol. The molecule has 0 aromatic heterocycles. The second-order valence-corrected chi connectivity index (χ2v) is 9.16. The molecular formula is C15H28N2O2S2. The number of hydrogen-bond donors (Lipinski definition) is 2. The van der Waals surface area contributed by atoms with Gasteiger partial charge in [0, 0.05) is 17.3 Å². The molecule has 0 bridgehead atoms. The molecule has 21 heavy (non-hydrogen) atoms. The van der Waals surface area contributed by atoms with Crippen LogP contribution in [0.3, 0.4) is 0 Å². The second kappa shape index (κ2) is 8.65. The molecule has 6 heteroatoms. The van der Waals surface area contributed by atoms with Gasteiger partial charge in [-0.2, -0.15) is 0 Å². The molecule has 0 heterocycles. The Morgan fingerprint density at radius 1 is 1.05 bits per heavy atom. The van der Waals surface area contributed by atoms with Crippen LogP contribution < -0.4 is 11.5 Å². The molecule has 122 valence electrons. The number of esters is 1. The van der Waals surface area contributed by atoms with Gasteiger partial charge in [-0.15, -0.1) is 0 Å². The SMILES string of the molecule is CSSC1CC(N)CC(N)CC(C(=O)OC2CCCC2)C1. The van der Waals surface area contributed by atoms with Crippen molar-refractivity contribution in [2.45, 2.75) is 74.8 Å². The molecule has 4 nitrogen and oxygen atoms in total. The average molecular weight is 333 g/mol. The van der Waals surface area contributed by atoms with Gasteiger partial charge in [0.05, 0.1) is 5.92 Å². The van der Waals surface area contributed by atoms with E-state index in [1.807, 2.05) is 10.8 Å². The Bertz CT molecular complexity index is 338. The fourth-order valence-corrected chi connectivity index (χ4v) is 5.66. The van der Waals surface area contributed by atoms with E-state index in [-0.39, 0.29) is 30.1 Å². The van der Waals surface area contributed by atoms with Gasteiger partial charge in [-0.05, 0) is 57.6 Å². The van der Waals surface area contributed by atoms with E-state index in [9.17, 15) is 4.79 Å². The molecule has 2 fully saturated rings. The lowest BCUT2D eigenvalue weighted by Gasteiger charge is -2.30. The number of hydrogen-bond acceptors (Lipinski definition) is 6. The van der Waals surface area contributed by atoms with E-state index >= 15 is 0 Å². The number of carbonyl (C=O) groups is 1. The van der Waals surface area contributed by atoms with Gasteiger partial charge in [-0.25, -0.2) is 0 Å². The molecule has 0 amide bonds. The first-order chi connectivity index (χ1) is 10.1. The highest BCUT2D eigenvalue weighted by Gasteiger charge is 2.32. The average Bonchev–Trinajstić information content (AvgIpc) is 2.88. The van der Waals surface area contributed by atoms with E-state index in [0.29, 0.717) is 11.7 Å². The zero-order chi connectivity index (χ0) is 15.2.